The number of anilines is 1. The minimum absolute atomic E-state index is 0.354. The Labute approximate surface area is 122 Å². The van der Waals surface area contributed by atoms with Crippen LogP contribution in [0.2, 0.25) is 5.02 Å². The summed E-state index contributed by atoms with van der Waals surface area (Å²) >= 11 is 10.9. The first-order valence-electron chi connectivity index (χ1n) is 5.28. The van der Waals surface area contributed by atoms with E-state index in [9.17, 15) is 4.39 Å². The fraction of sp³-hybridized carbons (Fsp3) is 0.250. The molecule has 0 aliphatic heterocycles. The van der Waals surface area contributed by atoms with E-state index in [-0.39, 0.29) is 5.82 Å². The molecule has 1 N–H and O–H groups in total. The topological polar surface area (TPSA) is 24.9 Å². The lowest BCUT2D eigenvalue weighted by molar-refractivity contribution is 0.627. The standard InChI is InChI=1S/C12H11BrClFN2S/c1-6-7(2)18-11(17-6)5-16-12-9(13)3-8(15)4-10(12)14/h3-4,16H,5H2,1-2H3. The van der Waals surface area contributed by atoms with Gasteiger partial charge in [-0.2, -0.15) is 0 Å². The van der Waals surface area contributed by atoms with Crippen LogP contribution in [0.25, 0.3) is 0 Å². The number of nitrogens with zero attached hydrogens (tertiary/aromatic N) is 1. The van der Waals surface area contributed by atoms with Gasteiger partial charge in [-0.3, -0.25) is 0 Å². The van der Waals surface area contributed by atoms with Crippen LogP contribution in [0.15, 0.2) is 16.6 Å². The van der Waals surface area contributed by atoms with Gasteiger partial charge in [0.2, 0.25) is 0 Å². The zero-order chi connectivity index (χ0) is 13.3. The van der Waals surface area contributed by atoms with Crippen LogP contribution in [0.1, 0.15) is 15.6 Å². The average Bonchev–Trinajstić information content (AvgIpc) is 2.56. The summed E-state index contributed by atoms with van der Waals surface area (Å²) in [5.41, 5.74) is 1.73. The number of halogens is 3. The Hall–Kier alpha value is -0.650. The van der Waals surface area contributed by atoms with Gasteiger partial charge in [0.15, 0.2) is 0 Å². The molecule has 0 saturated carbocycles. The van der Waals surface area contributed by atoms with E-state index in [0.717, 1.165) is 10.7 Å². The monoisotopic (exact) mass is 348 g/mol. The van der Waals surface area contributed by atoms with Crippen LogP contribution in [0.3, 0.4) is 0 Å². The van der Waals surface area contributed by atoms with E-state index in [1.54, 1.807) is 11.3 Å². The van der Waals surface area contributed by atoms with Crippen molar-refractivity contribution in [3.63, 3.8) is 0 Å². The smallest absolute Gasteiger partial charge is 0.125 e. The second-order valence-electron chi connectivity index (χ2n) is 3.85. The van der Waals surface area contributed by atoms with Crippen molar-refractivity contribution in [2.24, 2.45) is 0 Å². The van der Waals surface area contributed by atoms with E-state index in [0.29, 0.717) is 21.7 Å². The first kappa shape index (κ1) is 13.8. The number of benzene rings is 1. The van der Waals surface area contributed by atoms with Gasteiger partial charge in [-0.1, -0.05) is 11.6 Å². The molecule has 2 nitrogen and oxygen atoms in total. The Bertz CT molecular complexity index is 543. The Morgan fingerprint density at radius 1 is 1.44 bits per heavy atom. The fourth-order valence-electron chi connectivity index (χ4n) is 1.49. The molecule has 0 radical (unpaired) electrons. The molecular formula is C12H11BrClFN2S. The maximum Gasteiger partial charge on any atom is 0.125 e. The first-order valence-corrected chi connectivity index (χ1v) is 7.27. The lowest BCUT2D eigenvalue weighted by Gasteiger charge is -2.09. The van der Waals surface area contributed by atoms with Crippen LogP contribution in [0.4, 0.5) is 10.1 Å². The van der Waals surface area contributed by atoms with Crippen molar-refractivity contribution in [2.75, 3.05) is 5.32 Å². The normalized spacial score (nSPS) is 10.7. The summed E-state index contributed by atoms with van der Waals surface area (Å²) in [5, 5.41) is 4.50. The molecule has 0 atom stereocenters. The van der Waals surface area contributed by atoms with Crippen molar-refractivity contribution >= 4 is 44.6 Å². The van der Waals surface area contributed by atoms with Crippen LogP contribution < -0.4 is 5.32 Å². The molecule has 0 aliphatic carbocycles. The molecule has 6 heteroatoms. The number of hydrogen-bond donors (Lipinski definition) is 1. The third-order valence-corrected chi connectivity index (χ3v) is 4.49. The zero-order valence-corrected chi connectivity index (χ0v) is 13.0. The molecule has 18 heavy (non-hydrogen) atoms. The summed E-state index contributed by atoms with van der Waals surface area (Å²) in [5.74, 6) is -0.363. The second kappa shape index (κ2) is 5.55. The molecule has 0 spiro atoms. The molecule has 1 aromatic carbocycles. The summed E-state index contributed by atoms with van der Waals surface area (Å²) in [6.07, 6.45) is 0. The van der Waals surface area contributed by atoms with Crippen molar-refractivity contribution in [1.82, 2.24) is 4.98 Å². The van der Waals surface area contributed by atoms with Gasteiger partial charge in [0.05, 0.1) is 22.9 Å². The van der Waals surface area contributed by atoms with E-state index < -0.39 is 0 Å². The first-order chi connectivity index (χ1) is 8.47. The van der Waals surface area contributed by atoms with Gasteiger partial charge >= 0.3 is 0 Å². The van der Waals surface area contributed by atoms with E-state index in [2.05, 4.69) is 26.2 Å². The summed E-state index contributed by atoms with van der Waals surface area (Å²) in [6.45, 7) is 4.59. The highest BCUT2D eigenvalue weighted by Crippen LogP contribution is 2.32. The van der Waals surface area contributed by atoms with Crippen LogP contribution in [0, 0.1) is 19.7 Å². The van der Waals surface area contributed by atoms with E-state index in [4.69, 9.17) is 11.6 Å². The van der Waals surface area contributed by atoms with Crippen LogP contribution in [-0.4, -0.2) is 4.98 Å². The Morgan fingerprint density at radius 3 is 2.72 bits per heavy atom. The largest absolute Gasteiger partial charge is 0.376 e. The molecule has 96 valence electrons. The molecule has 0 bridgehead atoms. The number of hydrogen-bond acceptors (Lipinski definition) is 3. The van der Waals surface area contributed by atoms with Gasteiger partial charge in [-0.15, -0.1) is 11.3 Å². The molecule has 1 aromatic heterocycles. The average molecular weight is 350 g/mol. The summed E-state index contributed by atoms with van der Waals surface area (Å²) in [4.78, 5) is 5.63. The minimum Gasteiger partial charge on any atom is -0.376 e. The number of nitrogens with one attached hydrogen (secondary N) is 1. The van der Waals surface area contributed by atoms with E-state index in [1.165, 1.54) is 17.0 Å². The lowest BCUT2D eigenvalue weighted by Crippen LogP contribution is -2.01. The maximum atomic E-state index is 13.1. The SMILES string of the molecule is Cc1nc(CNc2c(Cl)cc(F)cc2Br)sc1C. The fourth-order valence-corrected chi connectivity index (χ4v) is 3.32. The molecule has 0 fully saturated rings. The van der Waals surface area contributed by atoms with Gasteiger partial charge in [0.25, 0.3) is 0 Å². The number of rotatable bonds is 3. The molecule has 1 heterocycles. The highest BCUT2D eigenvalue weighted by atomic mass is 79.9. The highest BCUT2D eigenvalue weighted by Gasteiger charge is 2.09. The summed E-state index contributed by atoms with van der Waals surface area (Å²) in [7, 11) is 0. The van der Waals surface area contributed by atoms with Gasteiger partial charge < -0.3 is 5.32 Å². The van der Waals surface area contributed by atoms with E-state index >= 15 is 0 Å². The Balaban J connectivity index is 2.15. The molecule has 0 amide bonds. The van der Waals surface area contributed by atoms with Crippen molar-refractivity contribution in [3.05, 3.63) is 43.0 Å². The lowest BCUT2D eigenvalue weighted by atomic mass is 10.3. The van der Waals surface area contributed by atoms with Crippen molar-refractivity contribution in [1.29, 1.82) is 0 Å². The summed E-state index contributed by atoms with van der Waals surface area (Å²) in [6, 6.07) is 2.67. The third-order valence-electron chi connectivity index (χ3n) is 2.50. The minimum atomic E-state index is -0.363. The Kier molecular flexibility index (Phi) is 4.25. The predicted octanol–water partition coefficient (Wildman–Crippen LogP) is 4.93. The van der Waals surface area contributed by atoms with Crippen LogP contribution in [-0.2, 0) is 6.54 Å². The van der Waals surface area contributed by atoms with Gasteiger partial charge in [-0.25, -0.2) is 9.37 Å². The van der Waals surface area contributed by atoms with Gasteiger partial charge in [-0.05, 0) is 41.9 Å². The van der Waals surface area contributed by atoms with Gasteiger partial charge in [0, 0.05) is 9.35 Å². The quantitative estimate of drug-likeness (QED) is 0.850. The zero-order valence-electron chi connectivity index (χ0n) is 9.85. The second-order valence-corrected chi connectivity index (χ2v) is 6.40. The third kappa shape index (κ3) is 3.02. The number of aryl methyl sites for hydroxylation is 2. The van der Waals surface area contributed by atoms with E-state index in [1.807, 2.05) is 13.8 Å². The molecular weight excluding hydrogens is 339 g/mol. The van der Waals surface area contributed by atoms with Crippen molar-refractivity contribution < 1.29 is 4.39 Å². The number of thiazole rings is 1. The maximum absolute atomic E-state index is 13.1. The van der Waals surface area contributed by atoms with Crippen LogP contribution >= 0.6 is 38.9 Å². The van der Waals surface area contributed by atoms with Gasteiger partial charge in [0.1, 0.15) is 10.8 Å². The van der Waals surface area contributed by atoms with Crippen LogP contribution in [0.5, 0.6) is 0 Å². The molecule has 2 aromatic rings. The van der Waals surface area contributed by atoms with Crippen molar-refractivity contribution in [2.45, 2.75) is 20.4 Å². The molecule has 0 aliphatic rings. The molecule has 0 saturated heterocycles. The molecule has 0 unspecified atom stereocenters. The summed E-state index contributed by atoms with van der Waals surface area (Å²) < 4.78 is 13.7. The van der Waals surface area contributed by atoms with Crippen molar-refractivity contribution in [3.8, 4) is 0 Å². The number of aromatic nitrogens is 1. The molecule has 2 rings (SSSR count). The Morgan fingerprint density at radius 2 is 2.17 bits per heavy atom. The predicted molar refractivity (Wildman–Crippen MR) is 78.0 cm³/mol. The highest BCUT2D eigenvalue weighted by molar-refractivity contribution is 9.10.